The molecule has 0 amide bonds. The smallest absolute Gasteiger partial charge is 0.144 e. The Labute approximate surface area is 141 Å². The third kappa shape index (κ3) is 3.94. The molecular weight excluding hydrogens is 310 g/mol. The van der Waals surface area contributed by atoms with Crippen molar-refractivity contribution in [3.63, 3.8) is 0 Å². The predicted molar refractivity (Wildman–Crippen MR) is 100 cm³/mol. The van der Waals surface area contributed by atoms with Gasteiger partial charge in [0.2, 0.25) is 0 Å². The highest BCUT2D eigenvalue weighted by molar-refractivity contribution is 7.91. The SMILES string of the molecule is Cc1cccc(C=N[S+]([O-])C(C)(C)C)c1C1C=CC=CC1=S. The lowest BCUT2D eigenvalue weighted by atomic mass is 9.86. The van der Waals surface area contributed by atoms with E-state index in [1.54, 1.807) is 6.21 Å². The summed E-state index contributed by atoms with van der Waals surface area (Å²) in [5.74, 6) is 0.0747. The largest absolute Gasteiger partial charge is 0.591 e. The molecule has 0 radical (unpaired) electrons. The van der Waals surface area contributed by atoms with Gasteiger partial charge in [-0.3, -0.25) is 0 Å². The number of rotatable bonds is 3. The van der Waals surface area contributed by atoms with Crippen molar-refractivity contribution in [2.45, 2.75) is 38.4 Å². The van der Waals surface area contributed by atoms with Gasteiger partial charge in [0, 0.05) is 16.3 Å². The molecule has 116 valence electrons. The lowest BCUT2D eigenvalue weighted by Gasteiger charge is -2.20. The predicted octanol–water partition coefficient (Wildman–Crippen LogP) is 4.46. The fourth-order valence-electron chi connectivity index (χ4n) is 2.27. The van der Waals surface area contributed by atoms with Gasteiger partial charge < -0.3 is 4.55 Å². The highest BCUT2D eigenvalue weighted by atomic mass is 32.2. The van der Waals surface area contributed by atoms with Gasteiger partial charge in [-0.15, -0.1) is 0 Å². The fraction of sp³-hybridized carbons (Fsp3) is 0.333. The number of thiocarbonyl (C=S) groups is 1. The van der Waals surface area contributed by atoms with Crippen LogP contribution in [-0.4, -0.2) is 20.4 Å². The van der Waals surface area contributed by atoms with Crippen molar-refractivity contribution in [2.75, 3.05) is 0 Å². The summed E-state index contributed by atoms with van der Waals surface area (Å²) in [5, 5.41) is 0. The van der Waals surface area contributed by atoms with E-state index in [1.165, 1.54) is 0 Å². The average Bonchev–Trinajstić information content (AvgIpc) is 2.45. The van der Waals surface area contributed by atoms with Crippen molar-refractivity contribution in [2.24, 2.45) is 4.40 Å². The van der Waals surface area contributed by atoms with E-state index in [2.05, 4.69) is 23.5 Å². The van der Waals surface area contributed by atoms with Crippen LogP contribution in [-0.2, 0) is 11.4 Å². The van der Waals surface area contributed by atoms with E-state index in [-0.39, 0.29) is 10.7 Å². The first kappa shape index (κ1) is 17.1. The Kier molecular flexibility index (Phi) is 5.37. The van der Waals surface area contributed by atoms with Crippen molar-refractivity contribution in [3.05, 3.63) is 59.2 Å². The van der Waals surface area contributed by atoms with Crippen LogP contribution in [0.15, 0.2) is 46.9 Å². The van der Waals surface area contributed by atoms with Crippen LogP contribution in [0.3, 0.4) is 0 Å². The van der Waals surface area contributed by atoms with Gasteiger partial charge in [-0.1, -0.05) is 53.0 Å². The van der Waals surface area contributed by atoms with Crippen LogP contribution in [0.2, 0.25) is 0 Å². The van der Waals surface area contributed by atoms with E-state index in [0.29, 0.717) is 0 Å². The molecule has 2 unspecified atom stereocenters. The normalized spacial score (nSPS) is 19.9. The van der Waals surface area contributed by atoms with Crippen LogP contribution < -0.4 is 0 Å². The molecule has 0 aromatic heterocycles. The molecule has 22 heavy (non-hydrogen) atoms. The molecule has 0 aliphatic heterocycles. The maximum Gasteiger partial charge on any atom is 0.144 e. The molecule has 0 heterocycles. The molecule has 4 heteroatoms. The summed E-state index contributed by atoms with van der Waals surface area (Å²) in [6, 6.07) is 6.06. The lowest BCUT2D eigenvalue weighted by Crippen LogP contribution is -2.26. The first-order chi connectivity index (χ1) is 10.3. The summed E-state index contributed by atoms with van der Waals surface area (Å²) in [6.07, 6.45) is 9.75. The number of allylic oxidation sites excluding steroid dienone is 4. The van der Waals surface area contributed by atoms with Crippen LogP contribution in [0.5, 0.6) is 0 Å². The highest BCUT2D eigenvalue weighted by Gasteiger charge is 2.26. The molecule has 1 aromatic carbocycles. The zero-order valence-electron chi connectivity index (χ0n) is 13.4. The molecule has 2 nitrogen and oxygen atoms in total. The lowest BCUT2D eigenvalue weighted by molar-refractivity contribution is 0.562. The fourth-order valence-corrected chi connectivity index (χ4v) is 3.07. The minimum atomic E-state index is -1.26. The Balaban J connectivity index is 2.39. The molecule has 2 atom stereocenters. The minimum absolute atomic E-state index is 0.0747. The topological polar surface area (TPSA) is 35.4 Å². The molecule has 0 fully saturated rings. The first-order valence-corrected chi connectivity index (χ1v) is 8.76. The van der Waals surface area contributed by atoms with Crippen molar-refractivity contribution >= 4 is 34.7 Å². The van der Waals surface area contributed by atoms with Crippen LogP contribution in [0.4, 0.5) is 0 Å². The van der Waals surface area contributed by atoms with Crippen molar-refractivity contribution < 1.29 is 4.55 Å². The molecule has 1 aromatic rings. The van der Waals surface area contributed by atoms with Gasteiger partial charge in [0.1, 0.15) is 16.1 Å². The third-order valence-corrected chi connectivity index (χ3v) is 5.20. The van der Waals surface area contributed by atoms with Gasteiger partial charge in [-0.05, 0) is 44.9 Å². The molecule has 0 N–H and O–H groups in total. The maximum atomic E-state index is 12.1. The Morgan fingerprint density at radius 3 is 2.64 bits per heavy atom. The van der Waals surface area contributed by atoms with Crippen LogP contribution >= 0.6 is 12.2 Å². The first-order valence-electron chi connectivity index (χ1n) is 7.25. The Morgan fingerprint density at radius 1 is 1.27 bits per heavy atom. The molecular formula is C18H21NOS2. The summed E-state index contributed by atoms with van der Waals surface area (Å²) in [5.41, 5.74) is 3.28. The molecule has 0 saturated heterocycles. The van der Waals surface area contributed by atoms with E-state index in [1.807, 2.05) is 51.1 Å². The van der Waals surface area contributed by atoms with Crippen molar-refractivity contribution in [1.82, 2.24) is 0 Å². The zero-order valence-corrected chi connectivity index (χ0v) is 15.0. The van der Waals surface area contributed by atoms with Crippen LogP contribution in [0.25, 0.3) is 0 Å². The standard InChI is InChI=1S/C18H21NOS2/c1-13-8-7-9-14(12-19-22(20)18(2,3)4)17(13)15-10-5-6-11-16(15)21/h5-12,15H,1-4H3. The summed E-state index contributed by atoms with van der Waals surface area (Å²) >= 11 is 4.22. The van der Waals surface area contributed by atoms with Crippen molar-refractivity contribution in [1.29, 1.82) is 0 Å². The van der Waals surface area contributed by atoms with E-state index >= 15 is 0 Å². The molecule has 0 saturated carbocycles. The molecule has 0 spiro atoms. The van der Waals surface area contributed by atoms with Gasteiger partial charge >= 0.3 is 0 Å². The third-order valence-electron chi connectivity index (χ3n) is 3.46. The highest BCUT2D eigenvalue weighted by Crippen LogP contribution is 2.29. The van der Waals surface area contributed by atoms with E-state index in [9.17, 15) is 4.55 Å². The Morgan fingerprint density at radius 2 is 2.00 bits per heavy atom. The Bertz CT molecular complexity index is 654. The van der Waals surface area contributed by atoms with Gasteiger partial charge in [0.05, 0.1) is 6.21 Å². The van der Waals surface area contributed by atoms with Gasteiger partial charge in [-0.2, -0.15) is 0 Å². The summed E-state index contributed by atoms with van der Waals surface area (Å²) in [7, 11) is 0. The summed E-state index contributed by atoms with van der Waals surface area (Å²) in [4.78, 5) is 0.892. The molecule has 0 bridgehead atoms. The number of aryl methyl sites for hydroxylation is 1. The molecule has 1 aliphatic rings. The number of nitrogens with zero attached hydrogens (tertiary/aromatic N) is 1. The van der Waals surface area contributed by atoms with Crippen LogP contribution in [0.1, 0.15) is 43.4 Å². The maximum absolute atomic E-state index is 12.1. The van der Waals surface area contributed by atoms with E-state index in [0.717, 1.165) is 21.6 Å². The zero-order chi connectivity index (χ0) is 16.3. The van der Waals surface area contributed by atoms with Gasteiger partial charge in [-0.25, -0.2) is 0 Å². The Hall–Kier alpha value is -1.23. The van der Waals surface area contributed by atoms with Crippen LogP contribution in [0, 0.1) is 6.92 Å². The average molecular weight is 332 g/mol. The molecule has 2 rings (SSSR count). The monoisotopic (exact) mass is 331 g/mol. The quantitative estimate of drug-likeness (QED) is 0.466. The van der Waals surface area contributed by atoms with Gasteiger partial charge in [0.15, 0.2) is 0 Å². The van der Waals surface area contributed by atoms with E-state index < -0.39 is 11.4 Å². The van der Waals surface area contributed by atoms with Gasteiger partial charge in [0.25, 0.3) is 0 Å². The number of hydrogen-bond donors (Lipinski definition) is 0. The molecule has 1 aliphatic carbocycles. The second-order valence-corrected chi connectivity index (χ2v) is 8.70. The second-order valence-electron chi connectivity index (χ2n) is 6.30. The number of benzene rings is 1. The number of hydrogen-bond acceptors (Lipinski definition) is 3. The van der Waals surface area contributed by atoms with Crippen molar-refractivity contribution in [3.8, 4) is 0 Å². The minimum Gasteiger partial charge on any atom is -0.591 e. The second kappa shape index (κ2) is 6.90. The van der Waals surface area contributed by atoms with E-state index in [4.69, 9.17) is 12.2 Å². The summed E-state index contributed by atoms with van der Waals surface area (Å²) in [6.45, 7) is 7.83. The summed E-state index contributed by atoms with van der Waals surface area (Å²) < 4.78 is 16.0.